The molecular formula is C26H18Cl2N4O2. The molecule has 8 heteroatoms. The third-order valence-electron chi connectivity index (χ3n) is 5.62. The SMILES string of the molecule is N#CC1=C(N)Oc2n[nH]c(-c3ccc(Cl)cc3)c2[C@@H]1c1cccc(OCc2ccccc2Cl)c1. The van der Waals surface area contributed by atoms with Gasteiger partial charge in [0.15, 0.2) is 0 Å². The fourth-order valence-electron chi connectivity index (χ4n) is 3.98. The molecule has 0 aliphatic carbocycles. The lowest BCUT2D eigenvalue weighted by molar-refractivity contribution is 0.306. The summed E-state index contributed by atoms with van der Waals surface area (Å²) in [5.74, 6) is 0.491. The number of nitriles is 1. The highest BCUT2D eigenvalue weighted by Crippen LogP contribution is 2.46. The Morgan fingerprint density at radius 1 is 1.06 bits per heavy atom. The second-order valence-corrected chi connectivity index (χ2v) is 8.55. The Kier molecular flexibility index (Phi) is 5.89. The van der Waals surface area contributed by atoms with E-state index in [9.17, 15) is 5.26 Å². The molecule has 0 radical (unpaired) electrons. The third-order valence-corrected chi connectivity index (χ3v) is 6.24. The highest BCUT2D eigenvalue weighted by molar-refractivity contribution is 6.31. The largest absolute Gasteiger partial charge is 0.489 e. The number of aromatic amines is 1. The van der Waals surface area contributed by atoms with Crippen molar-refractivity contribution in [3.63, 3.8) is 0 Å². The second kappa shape index (κ2) is 9.14. The molecule has 3 N–H and O–H groups in total. The van der Waals surface area contributed by atoms with Crippen LogP contribution in [0.2, 0.25) is 10.0 Å². The van der Waals surface area contributed by atoms with Crippen molar-refractivity contribution in [2.75, 3.05) is 0 Å². The molecular weight excluding hydrogens is 471 g/mol. The maximum atomic E-state index is 9.94. The Balaban J connectivity index is 1.55. The van der Waals surface area contributed by atoms with Crippen molar-refractivity contribution >= 4 is 23.2 Å². The average molecular weight is 489 g/mol. The first-order chi connectivity index (χ1) is 16.5. The van der Waals surface area contributed by atoms with Crippen molar-refractivity contribution < 1.29 is 9.47 Å². The topological polar surface area (TPSA) is 97.0 Å². The Labute approximate surface area is 206 Å². The number of benzene rings is 3. The zero-order valence-corrected chi connectivity index (χ0v) is 19.3. The number of nitrogens with two attached hydrogens (primary N) is 1. The lowest BCUT2D eigenvalue weighted by atomic mass is 9.83. The lowest BCUT2D eigenvalue weighted by Crippen LogP contribution is -2.21. The molecule has 4 aromatic rings. The Bertz CT molecular complexity index is 1440. The number of fused-ring (bicyclic) bond motifs is 1. The van der Waals surface area contributed by atoms with Crippen LogP contribution >= 0.6 is 23.2 Å². The number of H-pyrrole nitrogens is 1. The van der Waals surface area contributed by atoms with Crippen LogP contribution < -0.4 is 15.2 Å². The van der Waals surface area contributed by atoms with E-state index in [2.05, 4.69) is 16.3 Å². The van der Waals surface area contributed by atoms with Crippen LogP contribution in [0.1, 0.15) is 22.6 Å². The molecule has 0 fully saturated rings. The van der Waals surface area contributed by atoms with Gasteiger partial charge in [-0.15, -0.1) is 5.10 Å². The molecule has 0 saturated heterocycles. The lowest BCUT2D eigenvalue weighted by Gasteiger charge is -2.24. The van der Waals surface area contributed by atoms with E-state index in [-0.39, 0.29) is 5.88 Å². The fourth-order valence-corrected chi connectivity index (χ4v) is 4.29. The van der Waals surface area contributed by atoms with Gasteiger partial charge in [0.25, 0.3) is 0 Å². The van der Waals surface area contributed by atoms with E-state index in [1.165, 1.54) is 0 Å². The minimum absolute atomic E-state index is 0.0246. The van der Waals surface area contributed by atoms with E-state index >= 15 is 0 Å². The molecule has 2 heterocycles. The number of allylic oxidation sites excluding steroid dienone is 1. The Hall–Kier alpha value is -3.92. The number of hydrogen-bond acceptors (Lipinski definition) is 5. The van der Waals surface area contributed by atoms with E-state index in [0.29, 0.717) is 33.9 Å². The molecule has 168 valence electrons. The summed E-state index contributed by atoms with van der Waals surface area (Å²) in [6.07, 6.45) is 0. The van der Waals surface area contributed by atoms with Crippen LogP contribution in [-0.2, 0) is 6.61 Å². The summed E-state index contributed by atoms with van der Waals surface area (Å²) in [6, 6.07) is 24.6. The van der Waals surface area contributed by atoms with Gasteiger partial charge in [0.2, 0.25) is 11.8 Å². The second-order valence-electron chi connectivity index (χ2n) is 7.70. The van der Waals surface area contributed by atoms with Gasteiger partial charge >= 0.3 is 0 Å². The van der Waals surface area contributed by atoms with Crippen LogP contribution in [0.4, 0.5) is 0 Å². The molecule has 1 aromatic heterocycles. The zero-order valence-electron chi connectivity index (χ0n) is 17.8. The van der Waals surface area contributed by atoms with Crippen molar-refractivity contribution in [2.24, 2.45) is 5.73 Å². The van der Waals surface area contributed by atoms with Crippen LogP contribution in [0, 0.1) is 11.3 Å². The quantitative estimate of drug-likeness (QED) is 0.349. The normalized spacial score (nSPS) is 14.8. The summed E-state index contributed by atoms with van der Waals surface area (Å²) in [7, 11) is 0. The maximum absolute atomic E-state index is 9.94. The highest BCUT2D eigenvalue weighted by Gasteiger charge is 2.35. The molecule has 0 bridgehead atoms. The summed E-state index contributed by atoms with van der Waals surface area (Å²) < 4.78 is 11.7. The van der Waals surface area contributed by atoms with Gasteiger partial charge in [-0.1, -0.05) is 65.7 Å². The van der Waals surface area contributed by atoms with E-state index in [4.69, 9.17) is 38.4 Å². The molecule has 1 atom stereocenters. The highest BCUT2D eigenvalue weighted by atomic mass is 35.5. The summed E-state index contributed by atoms with van der Waals surface area (Å²) in [4.78, 5) is 0. The smallest absolute Gasteiger partial charge is 0.244 e. The van der Waals surface area contributed by atoms with Gasteiger partial charge in [-0.2, -0.15) is 5.26 Å². The molecule has 0 saturated carbocycles. The fraction of sp³-hybridized carbons (Fsp3) is 0.0769. The van der Waals surface area contributed by atoms with Gasteiger partial charge in [-0.25, -0.2) is 0 Å². The van der Waals surface area contributed by atoms with Crippen LogP contribution in [0.3, 0.4) is 0 Å². The average Bonchev–Trinajstić information content (AvgIpc) is 3.26. The van der Waals surface area contributed by atoms with Crippen LogP contribution in [0.5, 0.6) is 11.6 Å². The summed E-state index contributed by atoms with van der Waals surface area (Å²) >= 11 is 12.3. The van der Waals surface area contributed by atoms with Gasteiger partial charge < -0.3 is 15.2 Å². The first-order valence-electron chi connectivity index (χ1n) is 10.4. The van der Waals surface area contributed by atoms with Crippen molar-refractivity contribution in [1.82, 2.24) is 10.2 Å². The van der Waals surface area contributed by atoms with Crippen molar-refractivity contribution in [2.45, 2.75) is 12.5 Å². The molecule has 5 rings (SSSR count). The van der Waals surface area contributed by atoms with Gasteiger partial charge in [-0.3, -0.25) is 5.10 Å². The molecule has 1 aliphatic rings. The molecule has 0 amide bonds. The number of aromatic nitrogens is 2. The predicted octanol–water partition coefficient (Wildman–Crippen LogP) is 6.18. The van der Waals surface area contributed by atoms with Gasteiger partial charge in [0.05, 0.1) is 17.2 Å². The minimum atomic E-state index is -0.498. The molecule has 1 aliphatic heterocycles. The van der Waals surface area contributed by atoms with Crippen molar-refractivity contribution in [3.8, 4) is 29.0 Å². The van der Waals surface area contributed by atoms with Crippen LogP contribution in [-0.4, -0.2) is 10.2 Å². The maximum Gasteiger partial charge on any atom is 0.244 e. The first kappa shape index (κ1) is 21.9. The summed E-state index contributed by atoms with van der Waals surface area (Å²) in [6.45, 7) is 0.312. The molecule has 34 heavy (non-hydrogen) atoms. The number of ether oxygens (including phenoxy) is 2. The molecule has 0 spiro atoms. The minimum Gasteiger partial charge on any atom is -0.489 e. The molecule has 0 unspecified atom stereocenters. The summed E-state index contributed by atoms with van der Waals surface area (Å²) in [5.41, 5.74) is 10.4. The van der Waals surface area contributed by atoms with E-state index in [1.54, 1.807) is 12.1 Å². The van der Waals surface area contributed by atoms with E-state index in [1.807, 2.05) is 60.7 Å². The van der Waals surface area contributed by atoms with Crippen molar-refractivity contribution in [3.05, 3.63) is 111 Å². The van der Waals surface area contributed by atoms with Crippen LogP contribution in [0.25, 0.3) is 11.3 Å². The first-order valence-corrected chi connectivity index (χ1v) is 11.2. The molecule has 6 nitrogen and oxygen atoms in total. The van der Waals surface area contributed by atoms with E-state index < -0.39 is 5.92 Å². The predicted molar refractivity (Wildman–Crippen MR) is 131 cm³/mol. The monoisotopic (exact) mass is 488 g/mol. The third kappa shape index (κ3) is 4.08. The van der Waals surface area contributed by atoms with Gasteiger partial charge in [-0.05, 0) is 35.9 Å². The number of nitrogens with one attached hydrogen (secondary N) is 1. The zero-order chi connectivity index (χ0) is 23.7. The van der Waals surface area contributed by atoms with Crippen LogP contribution in [0.15, 0.2) is 84.3 Å². The van der Waals surface area contributed by atoms with Gasteiger partial charge in [0, 0.05) is 21.2 Å². The van der Waals surface area contributed by atoms with Gasteiger partial charge in [0.1, 0.15) is 24.0 Å². The van der Waals surface area contributed by atoms with Crippen molar-refractivity contribution in [1.29, 1.82) is 5.26 Å². The number of halogens is 2. The number of nitrogens with zero attached hydrogens (tertiary/aromatic N) is 2. The number of rotatable bonds is 5. The number of hydrogen-bond donors (Lipinski definition) is 2. The summed E-state index contributed by atoms with van der Waals surface area (Å²) in [5, 5.41) is 18.5. The Morgan fingerprint density at radius 2 is 1.85 bits per heavy atom. The molecule has 3 aromatic carbocycles. The Morgan fingerprint density at radius 3 is 2.62 bits per heavy atom. The standard InChI is InChI=1S/C26H18Cl2N4O2/c27-18-10-8-15(9-11-18)24-23-22(20(13-29)25(30)34-26(23)32-31-24)16-5-3-6-19(12-16)33-14-17-4-1-2-7-21(17)28/h1-12,22H,14,30H2,(H,31,32)/t22-/m1/s1. The van der Waals surface area contributed by atoms with E-state index in [0.717, 1.165) is 27.9 Å².